The predicted molar refractivity (Wildman–Crippen MR) is 86.7 cm³/mol. The van der Waals surface area contributed by atoms with E-state index in [-0.39, 0.29) is 0 Å². The van der Waals surface area contributed by atoms with E-state index in [1.54, 1.807) is 0 Å². The minimum atomic E-state index is -1.47. The zero-order valence-corrected chi connectivity index (χ0v) is 15.7. The van der Waals surface area contributed by atoms with Gasteiger partial charge in [-0.2, -0.15) is 0 Å². The fraction of sp³-hybridized carbons (Fsp3) is 0.625. The first-order valence-corrected chi connectivity index (χ1v) is 8.10. The summed E-state index contributed by atoms with van der Waals surface area (Å²) in [7, 11) is 0. The molecule has 0 bridgehead atoms. The Balaban J connectivity index is 4.49. The first kappa shape index (κ1) is 24.8. The third-order valence-electron chi connectivity index (χ3n) is 3.07. The second kappa shape index (κ2) is 11.5. The van der Waals surface area contributed by atoms with E-state index < -0.39 is 73.1 Å². The summed E-state index contributed by atoms with van der Waals surface area (Å²) in [5.41, 5.74) is 0. The number of rotatable bonds is 11. The highest BCUT2D eigenvalue weighted by atomic mass is 16.6. The van der Waals surface area contributed by atoms with Crippen molar-refractivity contribution < 1.29 is 57.9 Å². The molecule has 0 aromatic heterocycles. The number of carboxylic acid groups (broad SMARTS) is 2. The van der Waals surface area contributed by atoms with Crippen LogP contribution in [0, 0.1) is 0 Å². The van der Waals surface area contributed by atoms with Gasteiger partial charge in [-0.05, 0) is 27.7 Å². The molecule has 0 rings (SSSR count). The standard InChI is InChI=1S/C16H22O12/c1-7(13(20)21)26-15(23)9(3)28-16(24)10(4)27-14(22)8(2)25-12(19)6-5-11(17)18/h7-10H,5-6H2,1-4H3,(H,17,18)(H,20,21). The first-order valence-electron chi connectivity index (χ1n) is 8.10. The Morgan fingerprint density at radius 3 is 1.32 bits per heavy atom. The molecule has 12 nitrogen and oxygen atoms in total. The van der Waals surface area contributed by atoms with Crippen molar-refractivity contribution in [3.05, 3.63) is 0 Å². The lowest BCUT2D eigenvalue weighted by atomic mass is 10.3. The van der Waals surface area contributed by atoms with E-state index in [4.69, 9.17) is 19.7 Å². The molecular weight excluding hydrogens is 384 g/mol. The van der Waals surface area contributed by atoms with Crippen LogP contribution in [0.4, 0.5) is 0 Å². The highest BCUT2D eigenvalue weighted by Crippen LogP contribution is 2.06. The van der Waals surface area contributed by atoms with E-state index in [0.29, 0.717) is 0 Å². The topological polar surface area (TPSA) is 180 Å². The molecular formula is C16H22O12. The number of aliphatic carboxylic acids is 2. The molecule has 2 N–H and O–H groups in total. The molecule has 0 amide bonds. The molecule has 12 heteroatoms. The summed E-state index contributed by atoms with van der Waals surface area (Å²) in [5, 5.41) is 17.1. The molecule has 0 aliphatic rings. The summed E-state index contributed by atoms with van der Waals surface area (Å²) in [6.07, 6.45) is -6.70. The smallest absolute Gasteiger partial charge is 0.347 e. The fourth-order valence-electron chi connectivity index (χ4n) is 1.47. The molecule has 0 heterocycles. The maximum Gasteiger partial charge on any atom is 0.347 e. The van der Waals surface area contributed by atoms with Gasteiger partial charge < -0.3 is 29.2 Å². The highest BCUT2D eigenvalue weighted by molar-refractivity contribution is 5.85. The van der Waals surface area contributed by atoms with Crippen LogP contribution in [-0.2, 0) is 47.7 Å². The Morgan fingerprint density at radius 2 is 0.964 bits per heavy atom. The molecule has 0 aromatic carbocycles. The summed E-state index contributed by atoms with van der Waals surface area (Å²) in [6, 6.07) is 0. The molecule has 0 aliphatic heterocycles. The van der Waals surface area contributed by atoms with Crippen molar-refractivity contribution in [1.29, 1.82) is 0 Å². The number of esters is 4. The van der Waals surface area contributed by atoms with Crippen LogP contribution in [0.15, 0.2) is 0 Å². The third-order valence-corrected chi connectivity index (χ3v) is 3.07. The largest absolute Gasteiger partial charge is 0.481 e. The van der Waals surface area contributed by atoms with E-state index in [1.807, 2.05) is 0 Å². The monoisotopic (exact) mass is 406 g/mol. The second-order valence-electron chi connectivity index (χ2n) is 5.60. The van der Waals surface area contributed by atoms with Crippen molar-refractivity contribution in [2.75, 3.05) is 0 Å². The Kier molecular flexibility index (Phi) is 10.2. The van der Waals surface area contributed by atoms with Gasteiger partial charge in [-0.1, -0.05) is 0 Å². The van der Waals surface area contributed by atoms with Crippen molar-refractivity contribution in [2.24, 2.45) is 0 Å². The van der Waals surface area contributed by atoms with Crippen LogP contribution < -0.4 is 0 Å². The van der Waals surface area contributed by atoms with E-state index in [2.05, 4.69) is 9.47 Å². The zero-order valence-electron chi connectivity index (χ0n) is 15.7. The number of hydrogen-bond donors (Lipinski definition) is 2. The van der Waals surface area contributed by atoms with Gasteiger partial charge in [0.05, 0.1) is 12.8 Å². The molecule has 158 valence electrons. The number of hydrogen-bond acceptors (Lipinski definition) is 10. The van der Waals surface area contributed by atoms with Crippen LogP contribution in [0.5, 0.6) is 0 Å². The van der Waals surface area contributed by atoms with Gasteiger partial charge in [-0.25, -0.2) is 19.2 Å². The molecule has 28 heavy (non-hydrogen) atoms. The van der Waals surface area contributed by atoms with Gasteiger partial charge in [0.15, 0.2) is 24.4 Å². The van der Waals surface area contributed by atoms with E-state index in [0.717, 1.165) is 27.7 Å². The van der Waals surface area contributed by atoms with Gasteiger partial charge in [-0.3, -0.25) is 9.59 Å². The van der Waals surface area contributed by atoms with Gasteiger partial charge >= 0.3 is 35.8 Å². The molecule has 4 atom stereocenters. The Labute approximate surface area is 159 Å². The average molecular weight is 406 g/mol. The van der Waals surface area contributed by atoms with Gasteiger partial charge in [0.2, 0.25) is 0 Å². The van der Waals surface area contributed by atoms with Crippen LogP contribution in [0.3, 0.4) is 0 Å². The predicted octanol–water partition coefficient (Wildman–Crippen LogP) is -0.337. The zero-order chi connectivity index (χ0) is 22.0. The minimum absolute atomic E-state index is 0.445. The summed E-state index contributed by atoms with van der Waals surface area (Å²) < 4.78 is 18.7. The first-order chi connectivity index (χ1) is 12.8. The fourth-order valence-corrected chi connectivity index (χ4v) is 1.47. The highest BCUT2D eigenvalue weighted by Gasteiger charge is 2.29. The number of carboxylic acids is 2. The Bertz CT molecular complexity index is 625. The van der Waals surface area contributed by atoms with Crippen LogP contribution in [0.2, 0.25) is 0 Å². The van der Waals surface area contributed by atoms with Gasteiger partial charge in [0, 0.05) is 0 Å². The normalized spacial score (nSPS) is 14.6. The Morgan fingerprint density at radius 1 is 0.607 bits per heavy atom. The summed E-state index contributed by atoms with van der Waals surface area (Å²) in [4.78, 5) is 67.6. The van der Waals surface area contributed by atoms with Gasteiger partial charge in [0.1, 0.15) is 0 Å². The minimum Gasteiger partial charge on any atom is -0.481 e. The molecule has 0 aromatic rings. The number of carbonyl (C=O) groups excluding carboxylic acids is 4. The van der Waals surface area contributed by atoms with Crippen LogP contribution in [0.1, 0.15) is 40.5 Å². The van der Waals surface area contributed by atoms with Crippen molar-refractivity contribution in [3.8, 4) is 0 Å². The molecule has 0 radical (unpaired) electrons. The van der Waals surface area contributed by atoms with Crippen molar-refractivity contribution in [3.63, 3.8) is 0 Å². The van der Waals surface area contributed by atoms with Crippen LogP contribution >= 0.6 is 0 Å². The van der Waals surface area contributed by atoms with Crippen LogP contribution in [-0.4, -0.2) is 70.4 Å². The SMILES string of the molecule is CC(OC(=O)C(C)OC(=O)C(C)OC(=O)C(C)OC(=O)CCC(=O)O)C(=O)O. The van der Waals surface area contributed by atoms with Crippen molar-refractivity contribution in [2.45, 2.75) is 65.0 Å². The summed E-state index contributed by atoms with van der Waals surface area (Å²) in [5.74, 6) is -6.86. The number of carbonyl (C=O) groups is 6. The van der Waals surface area contributed by atoms with Crippen molar-refractivity contribution >= 4 is 35.8 Å². The second-order valence-corrected chi connectivity index (χ2v) is 5.60. The molecule has 0 saturated carbocycles. The molecule has 4 unspecified atom stereocenters. The van der Waals surface area contributed by atoms with Crippen molar-refractivity contribution in [1.82, 2.24) is 0 Å². The maximum atomic E-state index is 11.8. The Hall–Kier alpha value is -3.18. The van der Waals surface area contributed by atoms with Gasteiger partial charge in [-0.15, -0.1) is 0 Å². The number of ether oxygens (including phenoxy) is 4. The van der Waals surface area contributed by atoms with E-state index in [1.165, 1.54) is 0 Å². The molecule has 0 aliphatic carbocycles. The van der Waals surface area contributed by atoms with E-state index in [9.17, 15) is 28.8 Å². The molecule has 0 spiro atoms. The summed E-state index contributed by atoms with van der Waals surface area (Å²) >= 11 is 0. The summed E-state index contributed by atoms with van der Waals surface area (Å²) in [6.45, 7) is 4.54. The lowest BCUT2D eigenvalue weighted by molar-refractivity contribution is -0.184. The molecule has 0 fully saturated rings. The molecule has 0 saturated heterocycles. The van der Waals surface area contributed by atoms with Gasteiger partial charge in [0.25, 0.3) is 0 Å². The lowest BCUT2D eigenvalue weighted by Crippen LogP contribution is -2.37. The van der Waals surface area contributed by atoms with E-state index >= 15 is 0 Å². The average Bonchev–Trinajstić information content (AvgIpc) is 2.59. The maximum absolute atomic E-state index is 11.8. The van der Waals surface area contributed by atoms with Crippen LogP contribution in [0.25, 0.3) is 0 Å². The quantitative estimate of drug-likeness (QED) is 0.337. The lowest BCUT2D eigenvalue weighted by Gasteiger charge is -2.19. The third kappa shape index (κ3) is 9.50.